The molecule has 1 aliphatic heterocycles. The second-order valence-corrected chi connectivity index (χ2v) is 2.68. The van der Waals surface area contributed by atoms with Crippen molar-refractivity contribution in [2.75, 3.05) is 12.5 Å². The van der Waals surface area contributed by atoms with Crippen molar-refractivity contribution in [1.29, 1.82) is 0 Å². The van der Waals surface area contributed by atoms with Crippen molar-refractivity contribution < 1.29 is 5.11 Å². The van der Waals surface area contributed by atoms with E-state index in [-0.39, 0.29) is 0 Å². The zero-order valence-corrected chi connectivity index (χ0v) is 6.28. The highest BCUT2D eigenvalue weighted by molar-refractivity contribution is 5.54. The molecule has 1 aromatic rings. The Morgan fingerprint density at radius 2 is 2.18 bits per heavy atom. The van der Waals surface area contributed by atoms with E-state index in [2.05, 4.69) is 5.43 Å². The van der Waals surface area contributed by atoms with Gasteiger partial charge < -0.3 is 10.5 Å². The van der Waals surface area contributed by atoms with Crippen LogP contribution in [-0.2, 0) is 0 Å². The lowest BCUT2D eigenvalue weighted by Gasteiger charge is -2.12. The largest absolute Gasteiger partial charge is 0.372 e. The van der Waals surface area contributed by atoms with E-state index < -0.39 is 6.23 Å². The first-order valence-corrected chi connectivity index (χ1v) is 3.55. The minimum atomic E-state index is -0.508. The number of aliphatic hydroxyl groups excluding tert-OH is 1. The Morgan fingerprint density at radius 1 is 1.45 bits per heavy atom. The molecule has 2 rings (SSSR count). The van der Waals surface area contributed by atoms with Crippen LogP contribution < -0.4 is 5.43 Å². The third kappa shape index (κ3) is 0.895. The fourth-order valence-electron chi connectivity index (χ4n) is 1.28. The predicted octanol–water partition coefficient (Wildman–Crippen LogP) is 0.950. The van der Waals surface area contributed by atoms with Crippen molar-refractivity contribution in [3.8, 4) is 0 Å². The Hall–Kier alpha value is -1.06. The van der Waals surface area contributed by atoms with Gasteiger partial charge in [-0.2, -0.15) is 5.01 Å². The van der Waals surface area contributed by atoms with E-state index in [0.29, 0.717) is 0 Å². The molecule has 1 atom stereocenters. The molecule has 0 aromatic heterocycles. The second-order valence-electron chi connectivity index (χ2n) is 2.68. The quantitative estimate of drug-likeness (QED) is 0.578. The van der Waals surface area contributed by atoms with Gasteiger partial charge in [0.2, 0.25) is 0 Å². The van der Waals surface area contributed by atoms with Crippen LogP contribution in [0.4, 0.5) is 5.69 Å². The predicted molar refractivity (Wildman–Crippen MR) is 42.8 cm³/mol. The highest BCUT2D eigenvalue weighted by atomic mass is 16.3. The summed E-state index contributed by atoms with van der Waals surface area (Å²) in [6, 6.07) is 7.72. The molecule has 0 spiro atoms. The van der Waals surface area contributed by atoms with Crippen molar-refractivity contribution in [3.05, 3.63) is 29.8 Å². The van der Waals surface area contributed by atoms with E-state index in [1.54, 1.807) is 5.01 Å². The van der Waals surface area contributed by atoms with E-state index in [9.17, 15) is 5.11 Å². The number of benzene rings is 1. The summed E-state index contributed by atoms with van der Waals surface area (Å²) in [7, 11) is 1.81. The summed E-state index contributed by atoms with van der Waals surface area (Å²) in [4.78, 5) is 0. The van der Waals surface area contributed by atoms with Gasteiger partial charge in [-0.1, -0.05) is 18.2 Å². The van der Waals surface area contributed by atoms with Gasteiger partial charge in [0, 0.05) is 12.6 Å². The van der Waals surface area contributed by atoms with Crippen molar-refractivity contribution in [2.45, 2.75) is 6.23 Å². The van der Waals surface area contributed by atoms with Gasteiger partial charge in [-0.3, -0.25) is 0 Å². The summed E-state index contributed by atoms with van der Waals surface area (Å²) in [6.07, 6.45) is -0.508. The summed E-state index contributed by atoms with van der Waals surface area (Å²) in [5, 5.41) is 11.2. The molecule has 0 fully saturated rings. The third-order valence-corrected chi connectivity index (χ3v) is 1.90. The second kappa shape index (κ2) is 2.22. The lowest BCUT2D eigenvalue weighted by atomic mass is 10.2. The molecule has 0 radical (unpaired) electrons. The summed E-state index contributed by atoms with van der Waals surface area (Å²) in [5.41, 5.74) is 4.96. The zero-order valence-electron chi connectivity index (χ0n) is 6.28. The van der Waals surface area contributed by atoms with Crippen LogP contribution in [0.15, 0.2) is 24.3 Å². The first-order valence-electron chi connectivity index (χ1n) is 3.55. The summed E-state index contributed by atoms with van der Waals surface area (Å²) < 4.78 is 0. The van der Waals surface area contributed by atoms with Gasteiger partial charge in [0.25, 0.3) is 0 Å². The van der Waals surface area contributed by atoms with Crippen LogP contribution in [0.1, 0.15) is 11.8 Å². The van der Waals surface area contributed by atoms with Crippen LogP contribution in [0, 0.1) is 0 Å². The molecule has 0 aliphatic carbocycles. The summed E-state index contributed by atoms with van der Waals surface area (Å²) in [5.74, 6) is 0. The molecular weight excluding hydrogens is 140 g/mol. The van der Waals surface area contributed by atoms with Crippen molar-refractivity contribution in [3.63, 3.8) is 0 Å². The van der Waals surface area contributed by atoms with Crippen LogP contribution in [-0.4, -0.2) is 17.2 Å². The number of aliphatic hydroxyl groups is 1. The van der Waals surface area contributed by atoms with Gasteiger partial charge in [0.15, 0.2) is 6.23 Å². The van der Waals surface area contributed by atoms with E-state index in [4.69, 9.17) is 0 Å². The Balaban J connectivity index is 2.47. The van der Waals surface area contributed by atoms with Crippen LogP contribution in [0.3, 0.4) is 0 Å². The fourth-order valence-corrected chi connectivity index (χ4v) is 1.28. The normalized spacial score (nSPS) is 22.9. The highest BCUT2D eigenvalue weighted by Crippen LogP contribution is 2.30. The van der Waals surface area contributed by atoms with Crippen LogP contribution in [0.25, 0.3) is 0 Å². The Morgan fingerprint density at radius 3 is 2.91 bits per heavy atom. The number of hydrogen-bond acceptors (Lipinski definition) is 3. The van der Waals surface area contributed by atoms with E-state index in [0.717, 1.165) is 11.3 Å². The zero-order chi connectivity index (χ0) is 7.84. The lowest BCUT2D eigenvalue weighted by molar-refractivity contribution is 0.0519. The van der Waals surface area contributed by atoms with Gasteiger partial charge in [0.1, 0.15) is 0 Å². The van der Waals surface area contributed by atoms with Crippen LogP contribution >= 0.6 is 0 Å². The maximum atomic E-state index is 9.51. The molecule has 0 bridgehead atoms. The number of para-hydroxylation sites is 1. The average molecular weight is 150 g/mol. The van der Waals surface area contributed by atoms with Crippen molar-refractivity contribution >= 4 is 5.69 Å². The molecule has 0 amide bonds. The number of fused-ring (bicyclic) bond motifs is 1. The fraction of sp³-hybridized carbons (Fsp3) is 0.250. The van der Waals surface area contributed by atoms with E-state index in [1.165, 1.54) is 0 Å². The SMILES string of the molecule is CN1Nc2ccccc2C1O. The maximum Gasteiger partial charge on any atom is 0.151 e. The third-order valence-electron chi connectivity index (χ3n) is 1.90. The average Bonchev–Trinajstić information content (AvgIpc) is 2.30. The molecule has 1 aromatic carbocycles. The molecule has 3 nitrogen and oxygen atoms in total. The molecule has 1 heterocycles. The van der Waals surface area contributed by atoms with E-state index in [1.807, 2.05) is 31.3 Å². The maximum absolute atomic E-state index is 9.51. The number of nitrogens with zero attached hydrogens (tertiary/aromatic N) is 1. The molecule has 58 valence electrons. The molecule has 1 aliphatic rings. The molecule has 0 saturated heterocycles. The highest BCUT2D eigenvalue weighted by Gasteiger charge is 2.23. The molecule has 2 N–H and O–H groups in total. The van der Waals surface area contributed by atoms with Gasteiger partial charge in [-0.05, 0) is 6.07 Å². The minimum absolute atomic E-state index is 0.508. The Kier molecular flexibility index (Phi) is 1.34. The molecule has 3 heteroatoms. The molecular formula is C8H10N2O. The standard InChI is InChI=1S/C8H10N2O/c1-10-8(11)6-4-2-3-5-7(6)9-10/h2-5,8-9,11H,1H3. The van der Waals surface area contributed by atoms with Crippen LogP contribution in [0.2, 0.25) is 0 Å². The van der Waals surface area contributed by atoms with Gasteiger partial charge in [0.05, 0.1) is 5.69 Å². The van der Waals surface area contributed by atoms with E-state index >= 15 is 0 Å². The lowest BCUT2D eigenvalue weighted by Crippen LogP contribution is -2.22. The number of nitrogens with one attached hydrogen (secondary N) is 1. The smallest absolute Gasteiger partial charge is 0.151 e. The van der Waals surface area contributed by atoms with Gasteiger partial charge in [-0.25, -0.2) is 0 Å². The first-order chi connectivity index (χ1) is 5.29. The van der Waals surface area contributed by atoms with Crippen LogP contribution in [0.5, 0.6) is 0 Å². The molecule has 11 heavy (non-hydrogen) atoms. The van der Waals surface area contributed by atoms with Gasteiger partial charge >= 0.3 is 0 Å². The number of hydrazine groups is 1. The topological polar surface area (TPSA) is 35.5 Å². The Labute approximate surface area is 65.2 Å². The van der Waals surface area contributed by atoms with Gasteiger partial charge in [-0.15, -0.1) is 0 Å². The first kappa shape index (κ1) is 6.64. The molecule has 0 saturated carbocycles. The monoisotopic (exact) mass is 150 g/mol. The molecule has 1 unspecified atom stereocenters. The number of anilines is 1. The van der Waals surface area contributed by atoms with Crippen molar-refractivity contribution in [1.82, 2.24) is 5.01 Å². The minimum Gasteiger partial charge on any atom is -0.372 e. The number of rotatable bonds is 0. The number of hydrogen-bond donors (Lipinski definition) is 2. The Bertz CT molecular complexity index is 275. The summed E-state index contributed by atoms with van der Waals surface area (Å²) in [6.45, 7) is 0. The summed E-state index contributed by atoms with van der Waals surface area (Å²) >= 11 is 0. The van der Waals surface area contributed by atoms with Crippen molar-refractivity contribution in [2.24, 2.45) is 0 Å².